The Morgan fingerprint density at radius 2 is 1.62 bits per heavy atom. The van der Waals surface area contributed by atoms with Gasteiger partial charge >= 0.3 is 0 Å². The van der Waals surface area contributed by atoms with E-state index >= 15 is 0 Å². The minimum Gasteiger partial charge on any atom is -0.319 e. The zero-order valence-electron chi connectivity index (χ0n) is 23.4. The monoisotopic (exact) mass is 494 g/mol. The fourth-order valence-electron chi connectivity index (χ4n) is 5.78. The molecule has 5 rings (SSSR count). The fourth-order valence-corrected chi connectivity index (χ4v) is 5.78. The number of aromatic nitrogens is 3. The third-order valence-electron chi connectivity index (χ3n) is 8.21. The van der Waals surface area contributed by atoms with Gasteiger partial charge in [0.2, 0.25) is 0 Å². The number of rotatable bonds is 4. The highest BCUT2D eigenvalue weighted by Gasteiger charge is 2.37. The second kappa shape index (κ2) is 8.83. The molecule has 37 heavy (non-hydrogen) atoms. The molecule has 5 nitrogen and oxygen atoms in total. The number of anilines is 1. The average molecular weight is 495 g/mol. The maximum atomic E-state index is 13.5. The Kier molecular flexibility index (Phi) is 6.01. The maximum Gasteiger partial charge on any atom is 0.256 e. The Morgan fingerprint density at radius 1 is 0.919 bits per heavy atom. The minimum atomic E-state index is -0.135. The zero-order chi connectivity index (χ0) is 26.7. The van der Waals surface area contributed by atoms with Crippen molar-refractivity contribution in [2.24, 2.45) is 0 Å². The molecule has 4 aromatic rings. The van der Waals surface area contributed by atoms with Gasteiger partial charge in [0.05, 0.1) is 34.7 Å². The van der Waals surface area contributed by atoms with Crippen molar-refractivity contribution in [1.29, 1.82) is 0 Å². The molecular formula is C32H38N4O. The number of carbonyl (C=O) groups is 1. The van der Waals surface area contributed by atoms with Crippen molar-refractivity contribution in [2.75, 3.05) is 5.32 Å². The van der Waals surface area contributed by atoms with E-state index in [0.29, 0.717) is 12.1 Å². The lowest BCUT2D eigenvalue weighted by molar-refractivity contribution is 0.102. The van der Waals surface area contributed by atoms with Crippen LogP contribution < -0.4 is 5.32 Å². The lowest BCUT2D eigenvalue weighted by Crippen LogP contribution is -2.34. The lowest BCUT2D eigenvalue weighted by atomic mass is 9.63. The van der Waals surface area contributed by atoms with Crippen LogP contribution in [0.15, 0.2) is 42.5 Å². The average Bonchev–Trinajstić information content (AvgIpc) is 3.09. The molecule has 2 aromatic carbocycles. The van der Waals surface area contributed by atoms with Crippen molar-refractivity contribution in [1.82, 2.24) is 14.8 Å². The van der Waals surface area contributed by atoms with Crippen molar-refractivity contribution in [3.8, 4) is 0 Å². The molecular weight excluding hydrogens is 456 g/mol. The summed E-state index contributed by atoms with van der Waals surface area (Å²) < 4.78 is 2.01. The van der Waals surface area contributed by atoms with Crippen LogP contribution in [0.25, 0.3) is 10.9 Å². The van der Waals surface area contributed by atoms with Crippen LogP contribution in [0.4, 0.5) is 5.69 Å². The Labute approximate surface area is 220 Å². The molecule has 0 unspecified atom stereocenters. The van der Waals surface area contributed by atoms with E-state index in [2.05, 4.69) is 56.2 Å². The first kappa shape index (κ1) is 25.2. The number of aryl methyl sites for hydroxylation is 3. The first-order valence-electron chi connectivity index (χ1n) is 13.2. The van der Waals surface area contributed by atoms with Gasteiger partial charge in [-0.25, -0.2) is 0 Å². The second-order valence-electron chi connectivity index (χ2n) is 12.1. The highest BCUT2D eigenvalue weighted by Crippen LogP contribution is 2.46. The molecule has 1 amide bonds. The molecule has 0 radical (unpaired) electrons. The van der Waals surface area contributed by atoms with Crippen LogP contribution >= 0.6 is 0 Å². The fraction of sp³-hybridized carbons (Fsp3) is 0.406. The number of nitrogens with zero attached hydrogens (tertiary/aromatic N) is 3. The molecule has 192 valence electrons. The first-order valence-corrected chi connectivity index (χ1v) is 13.2. The predicted molar refractivity (Wildman–Crippen MR) is 152 cm³/mol. The number of nitrogens with one attached hydrogen (secondary N) is 1. The van der Waals surface area contributed by atoms with Crippen molar-refractivity contribution >= 4 is 22.5 Å². The third kappa shape index (κ3) is 4.56. The van der Waals surface area contributed by atoms with E-state index in [1.165, 1.54) is 29.5 Å². The zero-order valence-corrected chi connectivity index (χ0v) is 23.4. The summed E-state index contributed by atoms with van der Waals surface area (Å²) in [7, 11) is 0. The van der Waals surface area contributed by atoms with Crippen LogP contribution in [0.3, 0.4) is 0 Å². The van der Waals surface area contributed by atoms with E-state index in [1.807, 2.05) is 56.6 Å². The van der Waals surface area contributed by atoms with Gasteiger partial charge in [-0.1, -0.05) is 57.5 Å². The quantitative estimate of drug-likeness (QED) is 0.323. The van der Waals surface area contributed by atoms with E-state index in [-0.39, 0.29) is 16.7 Å². The van der Waals surface area contributed by atoms with Gasteiger partial charge in [0.1, 0.15) is 0 Å². The predicted octanol–water partition coefficient (Wildman–Crippen LogP) is 7.31. The first-order chi connectivity index (χ1) is 17.4. The molecule has 0 spiro atoms. The van der Waals surface area contributed by atoms with Crippen LogP contribution in [-0.2, 0) is 17.4 Å². The number of hydrogen-bond donors (Lipinski definition) is 1. The highest BCUT2D eigenvalue weighted by molar-refractivity contribution is 6.12. The number of pyridine rings is 1. The van der Waals surface area contributed by atoms with Crippen LogP contribution in [0.1, 0.15) is 90.2 Å². The standard InChI is InChI=1S/C32H38N4O/c1-19-9-12-28-24(15-19)25(16-20(2)33-28)30(37)34-29-21(3)35-36(22(29)4)18-23-10-11-26-27(17-23)32(7,8)14-13-31(26,5)6/h9-12,15-17H,13-14,18H2,1-8H3,(H,34,37). The molecule has 2 heterocycles. The van der Waals surface area contributed by atoms with Gasteiger partial charge in [-0.05, 0) is 86.3 Å². The van der Waals surface area contributed by atoms with Gasteiger partial charge in [0, 0.05) is 11.1 Å². The normalized spacial score (nSPS) is 16.0. The van der Waals surface area contributed by atoms with Crippen molar-refractivity contribution in [3.63, 3.8) is 0 Å². The van der Waals surface area contributed by atoms with E-state index in [9.17, 15) is 4.79 Å². The summed E-state index contributed by atoms with van der Waals surface area (Å²) in [4.78, 5) is 18.1. The van der Waals surface area contributed by atoms with Crippen molar-refractivity contribution < 1.29 is 4.79 Å². The molecule has 0 fully saturated rings. The topological polar surface area (TPSA) is 59.8 Å². The Morgan fingerprint density at radius 3 is 2.35 bits per heavy atom. The Balaban J connectivity index is 1.45. The summed E-state index contributed by atoms with van der Waals surface area (Å²) in [6.07, 6.45) is 2.40. The van der Waals surface area contributed by atoms with Gasteiger partial charge < -0.3 is 5.32 Å². The van der Waals surface area contributed by atoms with Gasteiger partial charge in [-0.15, -0.1) is 0 Å². The molecule has 0 saturated carbocycles. The third-order valence-corrected chi connectivity index (χ3v) is 8.21. The molecule has 0 atom stereocenters. The summed E-state index contributed by atoms with van der Waals surface area (Å²) in [5, 5.41) is 8.84. The molecule has 5 heteroatoms. The van der Waals surface area contributed by atoms with E-state index in [1.54, 1.807) is 0 Å². The SMILES string of the molecule is Cc1ccc2nc(C)cc(C(=O)Nc3c(C)nn(Cc4ccc5c(c4)C(C)(C)CCC5(C)C)c3C)c2c1. The summed E-state index contributed by atoms with van der Waals surface area (Å²) in [5.41, 5.74) is 10.5. The van der Waals surface area contributed by atoms with Crippen LogP contribution in [-0.4, -0.2) is 20.7 Å². The molecule has 1 aliphatic rings. The van der Waals surface area contributed by atoms with Crippen LogP contribution in [0, 0.1) is 27.7 Å². The van der Waals surface area contributed by atoms with Gasteiger partial charge in [0.15, 0.2) is 0 Å². The molecule has 1 aliphatic carbocycles. The van der Waals surface area contributed by atoms with E-state index in [0.717, 1.165) is 39.2 Å². The number of amides is 1. The number of carbonyl (C=O) groups excluding carboxylic acids is 1. The van der Waals surface area contributed by atoms with Gasteiger partial charge in [-0.3, -0.25) is 14.5 Å². The summed E-state index contributed by atoms with van der Waals surface area (Å²) in [5.74, 6) is -0.135. The second-order valence-corrected chi connectivity index (χ2v) is 12.1. The summed E-state index contributed by atoms with van der Waals surface area (Å²) in [6, 6.07) is 14.8. The van der Waals surface area contributed by atoms with Crippen LogP contribution in [0.5, 0.6) is 0 Å². The number of fused-ring (bicyclic) bond motifs is 2. The Bertz CT molecular complexity index is 1540. The molecule has 0 bridgehead atoms. The number of hydrogen-bond acceptors (Lipinski definition) is 3. The van der Waals surface area contributed by atoms with Gasteiger partial charge in [0.25, 0.3) is 5.91 Å². The van der Waals surface area contributed by atoms with Crippen LogP contribution in [0.2, 0.25) is 0 Å². The lowest BCUT2D eigenvalue weighted by Gasteiger charge is -2.42. The molecule has 1 N–H and O–H groups in total. The maximum absolute atomic E-state index is 13.5. The minimum absolute atomic E-state index is 0.135. The molecule has 2 aromatic heterocycles. The number of benzene rings is 2. The smallest absolute Gasteiger partial charge is 0.256 e. The van der Waals surface area contributed by atoms with E-state index < -0.39 is 0 Å². The molecule has 0 saturated heterocycles. The van der Waals surface area contributed by atoms with Crippen molar-refractivity contribution in [2.45, 2.75) is 85.6 Å². The summed E-state index contributed by atoms with van der Waals surface area (Å²) in [6.45, 7) is 18.0. The van der Waals surface area contributed by atoms with Gasteiger partial charge in [-0.2, -0.15) is 5.10 Å². The van der Waals surface area contributed by atoms with E-state index in [4.69, 9.17) is 5.10 Å². The summed E-state index contributed by atoms with van der Waals surface area (Å²) >= 11 is 0. The highest BCUT2D eigenvalue weighted by atomic mass is 16.1. The largest absolute Gasteiger partial charge is 0.319 e. The molecule has 0 aliphatic heterocycles. The van der Waals surface area contributed by atoms with Crippen molar-refractivity contribution in [3.05, 3.63) is 87.4 Å². The Hall–Kier alpha value is -3.47.